The molecule has 0 aliphatic rings. The molecule has 49 heavy (non-hydrogen) atoms. The van der Waals surface area contributed by atoms with Gasteiger partial charge in [-0.2, -0.15) is 0 Å². The van der Waals surface area contributed by atoms with Crippen LogP contribution in [0.2, 0.25) is 0 Å². The Bertz CT molecular complexity index is 2590. The lowest BCUT2D eigenvalue weighted by Gasteiger charge is -2.15. The van der Waals surface area contributed by atoms with Crippen molar-refractivity contribution in [3.05, 3.63) is 176 Å². The first-order valence-corrected chi connectivity index (χ1v) is 16.3. The maximum Gasteiger partial charge on any atom is 0.160 e. The summed E-state index contributed by atoms with van der Waals surface area (Å²) in [4.78, 5) is 14.6. The van der Waals surface area contributed by atoms with Crippen LogP contribution in [-0.2, 0) is 0 Å². The van der Waals surface area contributed by atoms with Crippen molar-refractivity contribution in [2.45, 2.75) is 0 Å². The van der Waals surface area contributed by atoms with E-state index in [0.717, 1.165) is 83.4 Å². The first-order chi connectivity index (χ1) is 24.3. The van der Waals surface area contributed by atoms with E-state index < -0.39 is 0 Å². The number of nitrogens with zero attached hydrogens (tertiary/aromatic N) is 3. The molecule has 3 aromatic heterocycles. The summed E-state index contributed by atoms with van der Waals surface area (Å²) in [5.41, 5.74) is 13.1. The SMILES string of the molecule is c1ccc(-c2cc(-c3ccc4oc5ccccc5c4c3)cc(-c3cc(-c4ccccc4-c4ccncc4)nc(-c4ccccc4)n3)c2)cc1. The number of benzene rings is 6. The summed E-state index contributed by atoms with van der Waals surface area (Å²) in [7, 11) is 0. The molecule has 0 saturated carbocycles. The second-order valence-corrected chi connectivity index (χ2v) is 12.1. The summed E-state index contributed by atoms with van der Waals surface area (Å²) < 4.78 is 6.16. The molecule has 9 aromatic rings. The molecule has 4 nitrogen and oxygen atoms in total. The van der Waals surface area contributed by atoms with Gasteiger partial charge < -0.3 is 4.42 Å². The van der Waals surface area contributed by atoms with Gasteiger partial charge >= 0.3 is 0 Å². The number of hydrogen-bond acceptors (Lipinski definition) is 4. The van der Waals surface area contributed by atoms with Gasteiger partial charge in [0.05, 0.1) is 11.4 Å². The van der Waals surface area contributed by atoms with Crippen molar-refractivity contribution in [3.63, 3.8) is 0 Å². The predicted octanol–water partition coefficient (Wildman–Crippen LogP) is 11.8. The molecule has 0 aliphatic heterocycles. The Hall–Kier alpha value is -6.65. The van der Waals surface area contributed by atoms with Crippen LogP contribution in [0.25, 0.3) is 89.2 Å². The molecular weight excluding hydrogens is 599 g/mol. The number of fused-ring (bicyclic) bond motifs is 3. The zero-order chi connectivity index (χ0) is 32.6. The van der Waals surface area contributed by atoms with Gasteiger partial charge in [0.25, 0.3) is 0 Å². The zero-order valence-electron chi connectivity index (χ0n) is 26.5. The minimum Gasteiger partial charge on any atom is -0.456 e. The van der Waals surface area contributed by atoms with Crippen LogP contribution in [0.15, 0.2) is 181 Å². The van der Waals surface area contributed by atoms with E-state index in [1.54, 1.807) is 0 Å². The topological polar surface area (TPSA) is 51.8 Å². The van der Waals surface area contributed by atoms with Crippen molar-refractivity contribution < 1.29 is 4.42 Å². The Labute approximate surface area is 284 Å². The first kappa shape index (κ1) is 28.6. The number of pyridine rings is 1. The molecule has 0 spiro atoms. The van der Waals surface area contributed by atoms with Gasteiger partial charge in [-0.25, -0.2) is 9.97 Å². The van der Waals surface area contributed by atoms with Crippen LogP contribution in [0.5, 0.6) is 0 Å². The predicted molar refractivity (Wildman–Crippen MR) is 200 cm³/mol. The Morgan fingerprint density at radius 1 is 0.347 bits per heavy atom. The molecule has 0 aliphatic carbocycles. The lowest BCUT2D eigenvalue weighted by atomic mass is 9.93. The Kier molecular flexibility index (Phi) is 7.10. The largest absolute Gasteiger partial charge is 0.456 e. The van der Waals surface area contributed by atoms with E-state index in [1.165, 1.54) is 0 Å². The van der Waals surface area contributed by atoms with Gasteiger partial charge in [0.15, 0.2) is 5.82 Å². The van der Waals surface area contributed by atoms with E-state index in [-0.39, 0.29) is 0 Å². The standard InChI is InChI=1S/C45H29N3O/c1-3-11-30(12-4-1)34-25-35(33-19-20-44-40(28-33)39-17-9-10-18-43(39)49-44)27-36(26-34)41-29-42(48-45(47-41)32-13-5-2-6-14-32)38-16-8-7-15-37(38)31-21-23-46-24-22-31/h1-29H. The lowest BCUT2D eigenvalue weighted by Crippen LogP contribution is -1.97. The van der Waals surface area contributed by atoms with Gasteiger partial charge in [0.2, 0.25) is 0 Å². The highest BCUT2D eigenvalue weighted by molar-refractivity contribution is 6.06. The minimum atomic E-state index is 0.676. The van der Waals surface area contributed by atoms with Gasteiger partial charge in [-0.15, -0.1) is 0 Å². The van der Waals surface area contributed by atoms with Crippen LogP contribution in [0.1, 0.15) is 0 Å². The number of furan rings is 1. The van der Waals surface area contributed by atoms with E-state index in [0.29, 0.717) is 5.82 Å². The molecule has 0 N–H and O–H groups in total. The highest BCUT2D eigenvalue weighted by atomic mass is 16.3. The van der Waals surface area contributed by atoms with E-state index in [9.17, 15) is 0 Å². The Balaban J connectivity index is 1.27. The molecule has 4 heteroatoms. The van der Waals surface area contributed by atoms with Crippen LogP contribution in [0.3, 0.4) is 0 Å². The molecule has 0 saturated heterocycles. The van der Waals surface area contributed by atoms with Crippen LogP contribution < -0.4 is 0 Å². The normalized spacial score (nSPS) is 11.3. The van der Waals surface area contributed by atoms with Crippen molar-refractivity contribution >= 4 is 21.9 Å². The van der Waals surface area contributed by atoms with Crippen LogP contribution in [0, 0.1) is 0 Å². The minimum absolute atomic E-state index is 0.676. The third-order valence-electron chi connectivity index (χ3n) is 9.00. The number of aromatic nitrogens is 3. The highest BCUT2D eigenvalue weighted by Gasteiger charge is 2.16. The van der Waals surface area contributed by atoms with E-state index >= 15 is 0 Å². The summed E-state index contributed by atoms with van der Waals surface area (Å²) in [6, 6.07) is 56.7. The molecule has 0 unspecified atom stereocenters. The monoisotopic (exact) mass is 627 g/mol. The maximum absolute atomic E-state index is 6.16. The lowest BCUT2D eigenvalue weighted by molar-refractivity contribution is 0.669. The molecule has 0 atom stereocenters. The molecule has 0 fully saturated rings. The fourth-order valence-electron chi connectivity index (χ4n) is 6.58. The van der Waals surface area contributed by atoms with Crippen LogP contribution >= 0.6 is 0 Å². The average molecular weight is 628 g/mol. The molecular formula is C45H29N3O. The Morgan fingerprint density at radius 2 is 0.959 bits per heavy atom. The third kappa shape index (κ3) is 5.45. The molecule has 0 bridgehead atoms. The van der Waals surface area contributed by atoms with Gasteiger partial charge in [0.1, 0.15) is 11.2 Å². The molecule has 6 aromatic carbocycles. The van der Waals surface area contributed by atoms with Gasteiger partial charge in [0, 0.05) is 39.9 Å². The summed E-state index contributed by atoms with van der Waals surface area (Å²) in [6.07, 6.45) is 3.65. The first-order valence-electron chi connectivity index (χ1n) is 16.3. The smallest absolute Gasteiger partial charge is 0.160 e. The molecule has 230 valence electrons. The maximum atomic E-state index is 6.16. The average Bonchev–Trinajstić information content (AvgIpc) is 3.57. The second-order valence-electron chi connectivity index (χ2n) is 12.1. The summed E-state index contributed by atoms with van der Waals surface area (Å²) in [6.45, 7) is 0. The van der Waals surface area contributed by atoms with Crippen LogP contribution in [-0.4, -0.2) is 15.0 Å². The van der Waals surface area contributed by atoms with E-state index in [2.05, 4.69) is 126 Å². The molecule has 3 heterocycles. The summed E-state index contributed by atoms with van der Waals surface area (Å²) in [5, 5.41) is 2.21. The van der Waals surface area contributed by atoms with Crippen molar-refractivity contribution in [1.82, 2.24) is 15.0 Å². The molecule has 9 rings (SSSR count). The molecule has 0 amide bonds. The molecule has 0 radical (unpaired) electrons. The third-order valence-corrected chi connectivity index (χ3v) is 9.00. The van der Waals surface area contributed by atoms with Crippen molar-refractivity contribution in [2.24, 2.45) is 0 Å². The van der Waals surface area contributed by atoms with Gasteiger partial charge in [-0.05, 0) is 88.0 Å². The van der Waals surface area contributed by atoms with Gasteiger partial charge in [-0.3, -0.25) is 4.98 Å². The van der Waals surface area contributed by atoms with Crippen LogP contribution in [0.4, 0.5) is 0 Å². The zero-order valence-corrected chi connectivity index (χ0v) is 26.5. The summed E-state index contributed by atoms with van der Waals surface area (Å²) in [5.74, 6) is 0.676. The number of para-hydroxylation sites is 1. The van der Waals surface area contributed by atoms with Gasteiger partial charge in [-0.1, -0.05) is 109 Å². The second kappa shape index (κ2) is 12.2. The van der Waals surface area contributed by atoms with E-state index in [4.69, 9.17) is 14.4 Å². The summed E-state index contributed by atoms with van der Waals surface area (Å²) >= 11 is 0. The van der Waals surface area contributed by atoms with E-state index in [1.807, 2.05) is 54.9 Å². The van der Waals surface area contributed by atoms with Crippen molar-refractivity contribution in [2.75, 3.05) is 0 Å². The van der Waals surface area contributed by atoms with Crippen molar-refractivity contribution in [3.8, 4) is 67.3 Å². The number of rotatable bonds is 6. The fourth-order valence-corrected chi connectivity index (χ4v) is 6.58. The Morgan fingerprint density at radius 3 is 1.76 bits per heavy atom. The fraction of sp³-hybridized carbons (Fsp3) is 0. The van der Waals surface area contributed by atoms with Crippen molar-refractivity contribution in [1.29, 1.82) is 0 Å². The number of hydrogen-bond donors (Lipinski definition) is 0. The highest BCUT2D eigenvalue weighted by Crippen LogP contribution is 2.38. The quantitative estimate of drug-likeness (QED) is 0.184.